The van der Waals surface area contributed by atoms with E-state index in [9.17, 15) is 4.79 Å². The van der Waals surface area contributed by atoms with E-state index in [0.29, 0.717) is 35.6 Å². The van der Waals surface area contributed by atoms with Crippen LogP contribution in [0, 0.1) is 11.8 Å². The van der Waals surface area contributed by atoms with Crippen LogP contribution in [0.25, 0.3) is 11.0 Å². The minimum absolute atomic E-state index is 0.201. The standard InChI is InChI=1S/C27H34N2O3/c1-18-8-7-11-23(19(18)2)29-17-21-12-13-24(31-3)26-22(21)16-25(32-26)27(30)28-15-14-20-9-5-4-6-10-20/h4-6,9-10,12-13,16,18-19,23,29H,7-8,11,14-15,17H2,1-3H3,(H,28,30). The summed E-state index contributed by atoms with van der Waals surface area (Å²) < 4.78 is 11.5. The number of rotatable bonds is 8. The quantitative estimate of drug-likeness (QED) is 0.503. The number of benzene rings is 2. The summed E-state index contributed by atoms with van der Waals surface area (Å²) >= 11 is 0. The maximum atomic E-state index is 12.7. The Morgan fingerprint density at radius 3 is 2.72 bits per heavy atom. The van der Waals surface area contributed by atoms with Gasteiger partial charge in [-0.15, -0.1) is 0 Å². The van der Waals surface area contributed by atoms with E-state index in [1.54, 1.807) is 7.11 Å². The molecule has 5 nitrogen and oxygen atoms in total. The molecule has 1 saturated carbocycles. The van der Waals surface area contributed by atoms with Crippen molar-refractivity contribution >= 4 is 16.9 Å². The summed E-state index contributed by atoms with van der Waals surface area (Å²) in [4.78, 5) is 12.7. The van der Waals surface area contributed by atoms with E-state index >= 15 is 0 Å². The molecule has 170 valence electrons. The molecule has 3 unspecified atom stereocenters. The zero-order valence-corrected chi connectivity index (χ0v) is 19.3. The molecule has 5 heteroatoms. The van der Waals surface area contributed by atoms with Crippen LogP contribution in [0.5, 0.6) is 5.75 Å². The summed E-state index contributed by atoms with van der Waals surface area (Å²) in [7, 11) is 1.62. The van der Waals surface area contributed by atoms with Gasteiger partial charge in [0.2, 0.25) is 0 Å². The zero-order valence-electron chi connectivity index (χ0n) is 19.3. The molecular weight excluding hydrogens is 400 g/mol. The number of hydrogen-bond donors (Lipinski definition) is 2. The molecule has 0 aliphatic heterocycles. The van der Waals surface area contributed by atoms with Crippen molar-refractivity contribution in [3.05, 3.63) is 65.4 Å². The molecular formula is C27H34N2O3. The van der Waals surface area contributed by atoms with Crippen molar-refractivity contribution < 1.29 is 13.9 Å². The van der Waals surface area contributed by atoms with Crippen LogP contribution < -0.4 is 15.4 Å². The van der Waals surface area contributed by atoms with Gasteiger partial charge in [-0.25, -0.2) is 0 Å². The van der Waals surface area contributed by atoms with Gasteiger partial charge in [0.1, 0.15) is 0 Å². The predicted molar refractivity (Wildman–Crippen MR) is 128 cm³/mol. The Kier molecular flexibility index (Phi) is 7.15. The number of hydrogen-bond acceptors (Lipinski definition) is 4. The summed E-state index contributed by atoms with van der Waals surface area (Å²) in [6, 6.07) is 16.5. The molecule has 3 atom stereocenters. The first-order chi connectivity index (χ1) is 15.6. The van der Waals surface area contributed by atoms with Gasteiger partial charge in [0.05, 0.1) is 7.11 Å². The average Bonchev–Trinajstić information content (AvgIpc) is 3.26. The lowest BCUT2D eigenvalue weighted by Crippen LogP contribution is -2.40. The van der Waals surface area contributed by atoms with E-state index in [0.717, 1.165) is 29.8 Å². The molecule has 32 heavy (non-hydrogen) atoms. The summed E-state index contributed by atoms with van der Waals surface area (Å²) in [6.45, 7) is 6.00. The monoisotopic (exact) mass is 434 g/mol. The van der Waals surface area contributed by atoms with Crippen LogP contribution in [0.15, 0.2) is 52.9 Å². The van der Waals surface area contributed by atoms with E-state index in [1.165, 1.54) is 24.8 Å². The number of nitrogens with one attached hydrogen (secondary N) is 2. The Morgan fingerprint density at radius 2 is 1.94 bits per heavy atom. The highest BCUT2D eigenvalue weighted by molar-refractivity contribution is 5.98. The van der Waals surface area contributed by atoms with Gasteiger partial charge in [-0.1, -0.05) is 63.1 Å². The minimum atomic E-state index is -0.201. The van der Waals surface area contributed by atoms with Gasteiger partial charge in [0.15, 0.2) is 17.1 Å². The summed E-state index contributed by atoms with van der Waals surface area (Å²) in [5.74, 6) is 2.17. The molecule has 0 bridgehead atoms. The maximum Gasteiger partial charge on any atom is 0.287 e. The Hall–Kier alpha value is -2.79. The van der Waals surface area contributed by atoms with Gasteiger partial charge in [0.25, 0.3) is 5.91 Å². The lowest BCUT2D eigenvalue weighted by atomic mass is 9.78. The fourth-order valence-electron chi connectivity index (χ4n) is 4.74. The lowest BCUT2D eigenvalue weighted by Gasteiger charge is -2.34. The van der Waals surface area contributed by atoms with E-state index in [-0.39, 0.29) is 5.91 Å². The van der Waals surface area contributed by atoms with Crippen LogP contribution in [0.4, 0.5) is 0 Å². The lowest BCUT2D eigenvalue weighted by molar-refractivity contribution is 0.0928. The number of methoxy groups -OCH3 is 1. The first-order valence-electron chi connectivity index (χ1n) is 11.7. The topological polar surface area (TPSA) is 63.5 Å². The molecule has 1 aromatic heterocycles. The molecule has 1 amide bonds. The molecule has 0 saturated heterocycles. The third-order valence-electron chi connectivity index (χ3n) is 6.99. The third-order valence-corrected chi connectivity index (χ3v) is 6.99. The fraction of sp³-hybridized carbons (Fsp3) is 0.444. The normalized spacial score (nSPS) is 20.9. The van der Waals surface area contributed by atoms with Crippen molar-refractivity contribution in [1.29, 1.82) is 0 Å². The molecule has 0 radical (unpaired) electrons. The summed E-state index contributed by atoms with van der Waals surface area (Å²) in [5, 5.41) is 7.66. The van der Waals surface area contributed by atoms with Crippen LogP contribution in [0.2, 0.25) is 0 Å². The Labute approximate surface area is 190 Å². The molecule has 1 fully saturated rings. The third kappa shape index (κ3) is 4.99. The summed E-state index contributed by atoms with van der Waals surface area (Å²) in [6.07, 6.45) is 4.59. The van der Waals surface area contributed by atoms with Gasteiger partial charge < -0.3 is 19.8 Å². The number of fused-ring (bicyclic) bond motifs is 1. The van der Waals surface area contributed by atoms with Crippen LogP contribution in [-0.2, 0) is 13.0 Å². The fourth-order valence-corrected chi connectivity index (χ4v) is 4.74. The van der Waals surface area contributed by atoms with Crippen molar-refractivity contribution in [2.75, 3.05) is 13.7 Å². The van der Waals surface area contributed by atoms with E-state index < -0.39 is 0 Å². The first-order valence-corrected chi connectivity index (χ1v) is 11.7. The second kappa shape index (κ2) is 10.2. The van der Waals surface area contributed by atoms with Crippen molar-refractivity contribution in [2.24, 2.45) is 11.8 Å². The minimum Gasteiger partial charge on any atom is -0.493 e. The van der Waals surface area contributed by atoms with Crippen molar-refractivity contribution in [3.8, 4) is 5.75 Å². The number of carbonyl (C=O) groups excluding carboxylic acids is 1. The second-order valence-electron chi connectivity index (χ2n) is 9.03. The van der Waals surface area contributed by atoms with Gasteiger partial charge in [-0.05, 0) is 47.9 Å². The molecule has 1 heterocycles. The van der Waals surface area contributed by atoms with E-state index in [4.69, 9.17) is 9.15 Å². The SMILES string of the molecule is COc1ccc(CNC2CCCC(C)C2C)c2cc(C(=O)NCCc3ccccc3)oc12. The van der Waals surface area contributed by atoms with Gasteiger partial charge in [0, 0.05) is 24.5 Å². The highest BCUT2D eigenvalue weighted by Gasteiger charge is 2.27. The van der Waals surface area contributed by atoms with Crippen molar-refractivity contribution in [3.63, 3.8) is 0 Å². The molecule has 4 rings (SSSR count). The van der Waals surface area contributed by atoms with Crippen molar-refractivity contribution in [1.82, 2.24) is 10.6 Å². The molecule has 3 aromatic rings. The molecule has 1 aliphatic rings. The second-order valence-corrected chi connectivity index (χ2v) is 9.03. The smallest absolute Gasteiger partial charge is 0.287 e. The number of carbonyl (C=O) groups is 1. The molecule has 2 aromatic carbocycles. The molecule has 1 aliphatic carbocycles. The highest BCUT2D eigenvalue weighted by atomic mass is 16.5. The van der Waals surface area contributed by atoms with Crippen molar-refractivity contribution in [2.45, 2.75) is 52.1 Å². The van der Waals surface area contributed by atoms with Crippen LogP contribution in [0.3, 0.4) is 0 Å². The first kappa shape index (κ1) is 22.4. The number of ether oxygens (including phenoxy) is 1. The molecule has 0 spiro atoms. The highest BCUT2D eigenvalue weighted by Crippen LogP contribution is 2.33. The maximum absolute atomic E-state index is 12.7. The summed E-state index contributed by atoms with van der Waals surface area (Å²) in [5.41, 5.74) is 2.95. The van der Waals surface area contributed by atoms with E-state index in [1.807, 2.05) is 30.3 Å². The van der Waals surface area contributed by atoms with Crippen LogP contribution in [-0.4, -0.2) is 25.6 Å². The average molecular weight is 435 g/mol. The number of amides is 1. The van der Waals surface area contributed by atoms with Crippen LogP contribution >= 0.6 is 0 Å². The Bertz CT molecular complexity index is 1040. The number of furan rings is 1. The van der Waals surface area contributed by atoms with Gasteiger partial charge >= 0.3 is 0 Å². The van der Waals surface area contributed by atoms with Crippen LogP contribution in [0.1, 0.15) is 54.8 Å². The van der Waals surface area contributed by atoms with Gasteiger partial charge in [-0.2, -0.15) is 0 Å². The van der Waals surface area contributed by atoms with E-state index in [2.05, 4.69) is 42.7 Å². The van der Waals surface area contributed by atoms with Gasteiger partial charge in [-0.3, -0.25) is 4.79 Å². The predicted octanol–water partition coefficient (Wildman–Crippen LogP) is 5.33. The molecule has 2 N–H and O–H groups in total. The largest absolute Gasteiger partial charge is 0.493 e. The zero-order chi connectivity index (χ0) is 22.5. The Balaban J connectivity index is 1.47. The Morgan fingerprint density at radius 1 is 1.12 bits per heavy atom.